The highest BCUT2D eigenvalue weighted by molar-refractivity contribution is 5.91. The fraction of sp³-hybridized carbons (Fsp3) is 0.227. The van der Waals surface area contributed by atoms with Crippen molar-refractivity contribution in [2.75, 3.05) is 0 Å². The van der Waals surface area contributed by atoms with Crippen molar-refractivity contribution >= 4 is 21.9 Å². The van der Waals surface area contributed by atoms with E-state index in [1.165, 1.54) is 0 Å². The number of fused-ring (bicyclic) bond motifs is 2. The molecule has 0 N–H and O–H groups in total. The fourth-order valence-corrected chi connectivity index (χ4v) is 3.55. The molecule has 0 atom stereocenters. The number of para-hydroxylation sites is 2. The summed E-state index contributed by atoms with van der Waals surface area (Å²) < 4.78 is 3.42. The molecule has 0 amide bonds. The van der Waals surface area contributed by atoms with Gasteiger partial charge in [0, 0.05) is 18.9 Å². The van der Waals surface area contributed by atoms with Gasteiger partial charge in [-0.2, -0.15) is 0 Å². The minimum Gasteiger partial charge on any atom is -0.328 e. The molecule has 27 heavy (non-hydrogen) atoms. The van der Waals surface area contributed by atoms with Gasteiger partial charge in [-0.3, -0.25) is 14.2 Å². The van der Waals surface area contributed by atoms with E-state index >= 15 is 0 Å². The molecule has 5 heteroatoms. The smallest absolute Gasteiger partial charge is 0.271 e. The lowest BCUT2D eigenvalue weighted by atomic mass is 10.1. The number of hydrogen-bond acceptors (Lipinski definition) is 3. The van der Waals surface area contributed by atoms with Gasteiger partial charge in [-0.25, -0.2) is 4.98 Å². The summed E-state index contributed by atoms with van der Waals surface area (Å²) in [5.41, 5.74) is 1.36. The highest BCUT2D eigenvalue weighted by Gasteiger charge is 2.19. The van der Waals surface area contributed by atoms with Crippen LogP contribution < -0.4 is 11.0 Å². The first-order valence-electron chi connectivity index (χ1n) is 9.08. The summed E-state index contributed by atoms with van der Waals surface area (Å²) in [5.74, 6) is 0.987. The monoisotopic (exact) mass is 359 g/mol. The Morgan fingerprint density at radius 2 is 1.63 bits per heavy atom. The fourth-order valence-electron chi connectivity index (χ4n) is 3.55. The Hall–Kier alpha value is -3.21. The van der Waals surface area contributed by atoms with Gasteiger partial charge in [-0.05, 0) is 30.2 Å². The van der Waals surface area contributed by atoms with E-state index in [1.54, 1.807) is 10.6 Å². The molecule has 0 unspecified atom stereocenters. The van der Waals surface area contributed by atoms with E-state index in [0.29, 0.717) is 29.2 Å². The minimum absolute atomic E-state index is 0.132. The van der Waals surface area contributed by atoms with Gasteiger partial charge >= 0.3 is 0 Å². The number of rotatable bonds is 3. The predicted octanol–water partition coefficient (Wildman–Crippen LogP) is 3.44. The highest BCUT2D eigenvalue weighted by atomic mass is 16.1. The molecule has 0 aliphatic heterocycles. The van der Waals surface area contributed by atoms with E-state index in [9.17, 15) is 9.59 Å². The van der Waals surface area contributed by atoms with Crippen molar-refractivity contribution in [3.8, 4) is 5.69 Å². The summed E-state index contributed by atoms with van der Waals surface area (Å²) in [6, 6.07) is 16.7. The lowest BCUT2D eigenvalue weighted by Gasteiger charge is -2.17. The Morgan fingerprint density at radius 1 is 0.963 bits per heavy atom. The lowest BCUT2D eigenvalue weighted by Crippen LogP contribution is -2.30. The van der Waals surface area contributed by atoms with Crippen LogP contribution in [-0.2, 0) is 13.5 Å². The Balaban J connectivity index is 2.22. The van der Waals surface area contributed by atoms with Crippen molar-refractivity contribution < 1.29 is 0 Å². The second-order valence-corrected chi connectivity index (χ2v) is 7.21. The summed E-state index contributed by atoms with van der Waals surface area (Å²) in [4.78, 5) is 31.4. The van der Waals surface area contributed by atoms with Crippen molar-refractivity contribution in [1.82, 2.24) is 14.1 Å². The number of pyridine rings is 1. The van der Waals surface area contributed by atoms with Crippen molar-refractivity contribution in [3.05, 3.63) is 81.0 Å². The van der Waals surface area contributed by atoms with Crippen LogP contribution in [0, 0.1) is 5.92 Å². The van der Waals surface area contributed by atoms with Crippen LogP contribution in [0.1, 0.15) is 19.7 Å². The van der Waals surface area contributed by atoms with Crippen LogP contribution in [0.2, 0.25) is 0 Å². The first-order chi connectivity index (χ1) is 13.0. The Bertz CT molecular complexity index is 1270. The topological polar surface area (TPSA) is 56.9 Å². The summed E-state index contributed by atoms with van der Waals surface area (Å²) in [5, 5.41) is 0.662. The van der Waals surface area contributed by atoms with Crippen LogP contribution in [0.25, 0.3) is 27.6 Å². The molecule has 136 valence electrons. The van der Waals surface area contributed by atoms with Crippen LogP contribution in [0.3, 0.4) is 0 Å². The van der Waals surface area contributed by atoms with Gasteiger partial charge in [-0.1, -0.05) is 44.2 Å². The molecule has 0 saturated heterocycles. The minimum atomic E-state index is -0.312. The van der Waals surface area contributed by atoms with Crippen LogP contribution in [-0.4, -0.2) is 14.1 Å². The molecule has 0 aliphatic carbocycles. The second kappa shape index (κ2) is 6.50. The summed E-state index contributed by atoms with van der Waals surface area (Å²) in [6.45, 7) is 4.18. The number of aryl methyl sites for hydroxylation is 1. The molecule has 5 nitrogen and oxygen atoms in total. The first-order valence-corrected chi connectivity index (χ1v) is 9.08. The maximum absolute atomic E-state index is 13.5. The predicted molar refractivity (Wildman–Crippen MR) is 109 cm³/mol. The standard InChI is InChI=1S/C22H21N3O2/c1-14(2)13-18-23-21-19(22(27)25(18)15-9-5-4-6-10-15)20(26)16-11-7-8-12-17(16)24(21)3/h4-12,14H,13H2,1-3H3. The van der Waals surface area contributed by atoms with E-state index in [1.807, 2.05) is 60.1 Å². The van der Waals surface area contributed by atoms with Crippen molar-refractivity contribution in [1.29, 1.82) is 0 Å². The SMILES string of the molecule is CC(C)Cc1nc2c(c(=O)c3ccccc3n2C)c(=O)n1-c1ccccc1. The number of benzene rings is 2. The average molecular weight is 359 g/mol. The molecule has 2 aromatic heterocycles. The molecule has 4 aromatic rings. The van der Waals surface area contributed by atoms with Gasteiger partial charge in [0.15, 0.2) is 5.65 Å². The molecule has 0 fully saturated rings. The third-order valence-corrected chi connectivity index (χ3v) is 4.79. The van der Waals surface area contributed by atoms with Crippen molar-refractivity contribution in [3.63, 3.8) is 0 Å². The molecule has 4 rings (SSSR count). The zero-order chi connectivity index (χ0) is 19.1. The largest absolute Gasteiger partial charge is 0.328 e. The molecule has 0 radical (unpaired) electrons. The Kier molecular flexibility index (Phi) is 4.15. The van der Waals surface area contributed by atoms with E-state index in [0.717, 1.165) is 11.2 Å². The van der Waals surface area contributed by atoms with Gasteiger partial charge < -0.3 is 4.57 Å². The molecule has 2 aromatic carbocycles. The number of aromatic nitrogens is 3. The zero-order valence-corrected chi connectivity index (χ0v) is 15.6. The number of nitrogens with zero attached hydrogens (tertiary/aromatic N) is 3. The van der Waals surface area contributed by atoms with E-state index in [2.05, 4.69) is 13.8 Å². The molecule has 0 spiro atoms. The molecule has 0 bridgehead atoms. The Labute approximate surface area is 156 Å². The second-order valence-electron chi connectivity index (χ2n) is 7.21. The molecule has 0 saturated carbocycles. The summed E-state index contributed by atoms with van der Waals surface area (Å²) in [6.07, 6.45) is 0.640. The quantitative estimate of drug-likeness (QED) is 0.527. The molecule has 2 heterocycles. The average Bonchev–Trinajstić information content (AvgIpc) is 2.66. The lowest BCUT2D eigenvalue weighted by molar-refractivity contribution is 0.604. The van der Waals surface area contributed by atoms with E-state index in [4.69, 9.17) is 4.98 Å². The summed E-state index contributed by atoms with van der Waals surface area (Å²) >= 11 is 0. The molecule has 0 aliphatic rings. The first kappa shape index (κ1) is 17.2. The van der Waals surface area contributed by atoms with Gasteiger partial charge in [-0.15, -0.1) is 0 Å². The van der Waals surface area contributed by atoms with Gasteiger partial charge in [0.1, 0.15) is 11.2 Å². The summed E-state index contributed by atoms with van der Waals surface area (Å²) in [7, 11) is 1.85. The van der Waals surface area contributed by atoms with Crippen LogP contribution in [0.15, 0.2) is 64.2 Å². The van der Waals surface area contributed by atoms with E-state index in [-0.39, 0.29) is 16.4 Å². The third-order valence-electron chi connectivity index (χ3n) is 4.79. The van der Waals surface area contributed by atoms with E-state index < -0.39 is 0 Å². The molecular formula is C22H21N3O2. The highest BCUT2D eigenvalue weighted by Crippen LogP contribution is 2.18. The van der Waals surface area contributed by atoms with Gasteiger partial charge in [0.05, 0.1) is 11.2 Å². The third kappa shape index (κ3) is 2.76. The number of hydrogen-bond donors (Lipinski definition) is 0. The zero-order valence-electron chi connectivity index (χ0n) is 15.6. The van der Waals surface area contributed by atoms with Gasteiger partial charge in [0.25, 0.3) is 5.56 Å². The van der Waals surface area contributed by atoms with Crippen LogP contribution >= 0.6 is 0 Å². The Morgan fingerprint density at radius 3 is 2.33 bits per heavy atom. The normalized spacial score (nSPS) is 11.6. The van der Waals surface area contributed by atoms with Crippen molar-refractivity contribution in [2.45, 2.75) is 20.3 Å². The maximum Gasteiger partial charge on any atom is 0.271 e. The van der Waals surface area contributed by atoms with Crippen molar-refractivity contribution in [2.24, 2.45) is 13.0 Å². The van der Waals surface area contributed by atoms with Crippen LogP contribution in [0.5, 0.6) is 0 Å². The molecular weight excluding hydrogens is 338 g/mol. The van der Waals surface area contributed by atoms with Gasteiger partial charge in [0.2, 0.25) is 5.43 Å². The maximum atomic E-state index is 13.5. The van der Waals surface area contributed by atoms with Crippen LogP contribution in [0.4, 0.5) is 0 Å².